The van der Waals surface area contributed by atoms with Gasteiger partial charge in [-0.1, -0.05) is 93.0 Å². The second-order valence-electron chi connectivity index (χ2n) is 16.1. The van der Waals surface area contributed by atoms with Crippen LogP contribution in [-0.2, 0) is 9.22 Å². The topological polar surface area (TPSA) is 92.7 Å². The Morgan fingerprint density at radius 1 is 1.02 bits per heavy atom. The van der Waals surface area contributed by atoms with E-state index in [2.05, 4.69) is 107 Å². The Morgan fingerprint density at radius 2 is 1.73 bits per heavy atom. The van der Waals surface area contributed by atoms with Crippen LogP contribution in [-0.4, -0.2) is 85.0 Å². The van der Waals surface area contributed by atoms with E-state index in [1.165, 1.54) is 10.4 Å². The van der Waals surface area contributed by atoms with Crippen LogP contribution < -0.4 is 25.3 Å². The number of fused-ring (bicyclic) bond motifs is 2. The Kier molecular flexibility index (Phi) is 8.84. The van der Waals surface area contributed by atoms with E-state index in [9.17, 15) is 4.79 Å². The summed E-state index contributed by atoms with van der Waals surface area (Å²) in [6.07, 6.45) is 6.71. The second kappa shape index (κ2) is 13.1. The van der Waals surface area contributed by atoms with Gasteiger partial charge in [-0.25, -0.2) is 9.37 Å². The molecule has 6 heterocycles. The molecule has 1 spiro atoms. The number of halogens is 2. The Balaban J connectivity index is 1.09. The molecule has 51 heavy (non-hydrogen) atoms. The molecule has 2 aromatic heterocycles. The first kappa shape index (κ1) is 34.4. The maximum Gasteiger partial charge on any atom is 0.319 e. The number of ether oxygens (including phenoxy) is 1. The van der Waals surface area contributed by atoms with Crippen LogP contribution in [0.2, 0.25) is 10.2 Å². The summed E-state index contributed by atoms with van der Waals surface area (Å²) in [6.45, 7) is 11.1. The lowest BCUT2D eigenvalue weighted by molar-refractivity contribution is -0.119. The van der Waals surface area contributed by atoms with E-state index in [-0.39, 0.29) is 44.7 Å². The first-order chi connectivity index (χ1) is 24.5. The van der Waals surface area contributed by atoms with Crippen LogP contribution in [0.1, 0.15) is 59.3 Å². The fourth-order valence-corrected chi connectivity index (χ4v) is 14.2. The van der Waals surface area contributed by atoms with Gasteiger partial charge in [0.15, 0.2) is 11.0 Å². The van der Waals surface area contributed by atoms with Crippen LogP contribution in [0.5, 0.6) is 6.01 Å². The molecule has 0 aliphatic carbocycles. The SMILES string of the molecule is CC(C)(C)[Si](O[C@@H]1CN2CCC[C@]2(COc2nc(N3CCC[C@@]4(CNC(=O)C4)C3)c3cnc(Cl)c(F)c3n2)C1)(c1ccccc1)c1ccccc1. The van der Waals surface area contributed by atoms with E-state index < -0.39 is 14.1 Å². The number of hydrogen-bond acceptors (Lipinski definition) is 8. The Morgan fingerprint density at radius 3 is 2.39 bits per heavy atom. The number of carbonyl (C=O) groups excluding carboxylic acids is 1. The van der Waals surface area contributed by atoms with Gasteiger partial charge in [-0.2, -0.15) is 9.97 Å². The number of amides is 1. The number of benzene rings is 2. The van der Waals surface area contributed by atoms with Crippen molar-refractivity contribution in [1.82, 2.24) is 25.2 Å². The molecule has 8 rings (SSSR count). The molecule has 1 amide bonds. The zero-order chi connectivity index (χ0) is 35.4. The molecule has 2 aromatic carbocycles. The summed E-state index contributed by atoms with van der Waals surface area (Å²) in [6, 6.07) is 21.7. The zero-order valence-electron chi connectivity index (χ0n) is 29.6. The van der Waals surface area contributed by atoms with Gasteiger partial charge in [0, 0.05) is 44.2 Å². The van der Waals surface area contributed by atoms with E-state index in [1.807, 2.05) is 0 Å². The first-order valence-electron chi connectivity index (χ1n) is 18.2. The third-order valence-electron chi connectivity index (χ3n) is 11.8. The number of piperidine rings is 1. The molecular weight excluding hydrogens is 683 g/mol. The van der Waals surface area contributed by atoms with Crippen molar-refractivity contribution in [1.29, 1.82) is 0 Å². The molecule has 12 heteroatoms. The quantitative estimate of drug-likeness (QED) is 0.188. The molecule has 4 saturated heterocycles. The third kappa shape index (κ3) is 6.09. The number of rotatable bonds is 8. The lowest BCUT2D eigenvalue weighted by Gasteiger charge is -2.44. The third-order valence-corrected chi connectivity index (χ3v) is 17.1. The van der Waals surface area contributed by atoms with Crippen LogP contribution in [0.4, 0.5) is 10.2 Å². The number of aromatic nitrogens is 3. The van der Waals surface area contributed by atoms with Crippen molar-refractivity contribution < 1.29 is 18.3 Å². The predicted molar refractivity (Wildman–Crippen MR) is 200 cm³/mol. The van der Waals surface area contributed by atoms with Gasteiger partial charge in [0.2, 0.25) is 5.91 Å². The normalized spacial score (nSPS) is 25.5. The molecule has 0 saturated carbocycles. The molecule has 1 N–H and O–H groups in total. The van der Waals surface area contributed by atoms with Crippen molar-refractivity contribution in [2.24, 2.45) is 5.41 Å². The number of anilines is 1. The van der Waals surface area contributed by atoms with Crippen molar-refractivity contribution in [3.05, 3.63) is 77.8 Å². The summed E-state index contributed by atoms with van der Waals surface area (Å²) >= 11 is 6.17. The van der Waals surface area contributed by atoms with E-state index in [4.69, 9.17) is 25.7 Å². The highest BCUT2D eigenvalue weighted by Gasteiger charge is 2.56. The van der Waals surface area contributed by atoms with Gasteiger partial charge in [-0.3, -0.25) is 9.69 Å². The highest BCUT2D eigenvalue weighted by Crippen LogP contribution is 2.45. The van der Waals surface area contributed by atoms with E-state index in [1.54, 1.807) is 6.20 Å². The first-order valence-corrected chi connectivity index (χ1v) is 20.5. The van der Waals surface area contributed by atoms with E-state index in [0.29, 0.717) is 37.3 Å². The molecule has 4 fully saturated rings. The second-order valence-corrected chi connectivity index (χ2v) is 20.7. The maximum absolute atomic E-state index is 15.6. The van der Waals surface area contributed by atoms with Crippen LogP contribution in [0.25, 0.3) is 10.9 Å². The van der Waals surface area contributed by atoms with Crippen LogP contribution >= 0.6 is 11.6 Å². The van der Waals surface area contributed by atoms with Crippen molar-refractivity contribution in [3.63, 3.8) is 0 Å². The fraction of sp³-hybridized carbons (Fsp3) is 0.487. The van der Waals surface area contributed by atoms with Crippen molar-refractivity contribution in [3.8, 4) is 6.01 Å². The van der Waals surface area contributed by atoms with Gasteiger partial charge in [-0.05, 0) is 54.1 Å². The van der Waals surface area contributed by atoms with Gasteiger partial charge >= 0.3 is 6.01 Å². The summed E-state index contributed by atoms with van der Waals surface area (Å²) < 4.78 is 29.7. The average Bonchev–Trinajstić information content (AvgIpc) is 3.79. The number of pyridine rings is 1. The molecule has 4 aromatic rings. The Bertz CT molecular complexity index is 1890. The lowest BCUT2D eigenvalue weighted by Crippen LogP contribution is -2.67. The minimum atomic E-state index is -2.75. The largest absolute Gasteiger partial charge is 0.461 e. The molecule has 0 bridgehead atoms. The molecular formula is C39H46ClFN6O3Si. The summed E-state index contributed by atoms with van der Waals surface area (Å²) in [5, 5.41) is 5.67. The van der Waals surface area contributed by atoms with Gasteiger partial charge in [0.1, 0.15) is 17.9 Å². The molecule has 9 nitrogen and oxygen atoms in total. The van der Waals surface area contributed by atoms with Crippen molar-refractivity contribution >= 4 is 52.9 Å². The van der Waals surface area contributed by atoms with Crippen molar-refractivity contribution in [2.75, 3.05) is 44.2 Å². The number of carbonyl (C=O) groups is 1. The maximum atomic E-state index is 15.6. The van der Waals surface area contributed by atoms with Gasteiger partial charge < -0.3 is 19.4 Å². The average molecular weight is 729 g/mol. The van der Waals surface area contributed by atoms with Crippen LogP contribution in [0, 0.1) is 11.2 Å². The highest BCUT2D eigenvalue weighted by molar-refractivity contribution is 6.99. The lowest BCUT2D eigenvalue weighted by atomic mass is 9.79. The van der Waals surface area contributed by atoms with Crippen molar-refractivity contribution in [2.45, 2.75) is 76.0 Å². The fourth-order valence-electron chi connectivity index (χ4n) is 9.42. The van der Waals surface area contributed by atoms with Gasteiger partial charge in [0.25, 0.3) is 8.32 Å². The Labute approximate surface area is 305 Å². The standard InChI is InChI=1S/C39H46ClFN6O3Si/c1-37(2,3)51(28-12-6-4-7-13-28,29-14-8-5-9-15-29)50-27-20-39(17-11-19-47(39)23-27)26-49-36-44-33-30(22-42-34(40)32(33)41)35(45-36)46-18-10-16-38(25-46)21-31(48)43-24-38/h4-9,12-15,22,27H,10-11,16-21,23-26H2,1-3H3,(H,43,48)/t27-,38+,39+/m0/s1. The zero-order valence-corrected chi connectivity index (χ0v) is 31.4. The van der Waals surface area contributed by atoms with E-state index >= 15 is 4.39 Å². The number of nitrogens with one attached hydrogen (secondary N) is 1. The molecule has 4 aliphatic rings. The van der Waals surface area contributed by atoms with Crippen LogP contribution in [0.3, 0.4) is 0 Å². The van der Waals surface area contributed by atoms with Gasteiger partial charge in [-0.15, -0.1) is 0 Å². The summed E-state index contributed by atoms with van der Waals surface area (Å²) in [5.41, 5.74) is -0.344. The van der Waals surface area contributed by atoms with E-state index in [0.717, 1.165) is 51.7 Å². The molecule has 4 aliphatic heterocycles. The predicted octanol–water partition coefficient (Wildman–Crippen LogP) is 5.49. The molecule has 0 radical (unpaired) electrons. The molecule has 3 atom stereocenters. The number of hydrogen-bond donors (Lipinski definition) is 1. The molecule has 0 unspecified atom stereocenters. The minimum Gasteiger partial charge on any atom is -0.461 e. The van der Waals surface area contributed by atoms with Gasteiger partial charge in [0.05, 0.1) is 17.0 Å². The summed E-state index contributed by atoms with van der Waals surface area (Å²) in [7, 11) is -2.75. The molecule has 268 valence electrons. The highest BCUT2D eigenvalue weighted by atomic mass is 35.5. The smallest absolute Gasteiger partial charge is 0.319 e. The monoisotopic (exact) mass is 728 g/mol. The Hall–Kier alpha value is -3.64. The summed E-state index contributed by atoms with van der Waals surface area (Å²) in [5.74, 6) is -0.0500. The number of nitrogens with zero attached hydrogens (tertiary/aromatic N) is 5. The van der Waals surface area contributed by atoms with Crippen LogP contribution in [0.15, 0.2) is 66.9 Å². The minimum absolute atomic E-state index is 0.00267. The summed E-state index contributed by atoms with van der Waals surface area (Å²) in [4.78, 5) is 30.5.